The summed E-state index contributed by atoms with van der Waals surface area (Å²) in [4.78, 5) is 22.5. The summed E-state index contributed by atoms with van der Waals surface area (Å²) < 4.78 is 10.7. The number of pyridine rings is 1. The van der Waals surface area contributed by atoms with Gasteiger partial charge in [0.25, 0.3) is 0 Å². The Morgan fingerprint density at radius 1 is 1.10 bits per heavy atom. The minimum Gasteiger partial charge on any atom is -0.467 e. The molecule has 1 saturated heterocycles. The van der Waals surface area contributed by atoms with Crippen molar-refractivity contribution in [1.29, 1.82) is 0 Å². The lowest BCUT2D eigenvalue weighted by Crippen LogP contribution is -2.40. The van der Waals surface area contributed by atoms with E-state index in [1.807, 2.05) is 12.1 Å². The summed E-state index contributed by atoms with van der Waals surface area (Å²) in [5.74, 6) is 1.97. The Morgan fingerprint density at radius 2 is 1.83 bits per heavy atom. The first-order valence-corrected chi connectivity index (χ1v) is 10.6. The lowest BCUT2D eigenvalue weighted by molar-refractivity contribution is 0.122. The van der Waals surface area contributed by atoms with Gasteiger partial charge in [0.15, 0.2) is 5.82 Å². The van der Waals surface area contributed by atoms with Gasteiger partial charge in [0, 0.05) is 50.0 Å². The Bertz CT molecular complexity index is 784. The van der Waals surface area contributed by atoms with Crippen LogP contribution in [0.2, 0.25) is 0 Å². The highest BCUT2D eigenvalue weighted by Gasteiger charge is 2.15. The van der Waals surface area contributed by atoms with Gasteiger partial charge in [-0.3, -0.25) is 4.90 Å². The zero-order valence-corrected chi connectivity index (χ0v) is 18.6. The molecule has 0 radical (unpaired) electrons. The van der Waals surface area contributed by atoms with E-state index in [1.54, 1.807) is 13.3 Å². The number of methoxy groups -OCH3 is 1. The molecule has 0 bridgehead atoms. The second-order valence-electron chi connectivity index (χ2n) is 7.83. The zero-order valence-electron chi connectivity index (χ0n) is 18.6. The van der Waals surface area contributed by atoms with Gasteiger partial charge in [0.1, 0.15) is 5.82 Å². The molecule has 30 heavy (non-hydrogen) atoms. The maximum absolute atomic E-state index is 5.41. The van der Waals surface area contributed by atoms with Crippen LogP contribution in [0.5, 0.6) is 6.01 Å². The number of rotatable bonds is 9. The third-order valence-electron chi connectivity index (χ3n) is 5.12. The molecule has 164 valence electrons. The van der Waals surface area contributed by atoms with Gasteiger partial charge in [-0.15, -0.1) is 0 Å². The second kappa shape index (κ2) is 10.5. The summed E-state index contributed by atoms with van der Waals surface area (Å²) in [5, 5.41) is 3.31. The van der Waals surface area contributed by atoms with Crippen LogP contribution in [-0.2, 0) is 4.74 Å². The van der Waals surface area contributed by atoms with E-state index in [0.29, 0.717) is 23.9 Å². The van der Waals surface area contributed by atoms with Crippen molar-refractivity contribution in [1.82, 2.24) is 24.8 Å². The van der Waals surface area contributed by atoms with Gasteiger partial charge in [0.2, 0.25) is 5.95 Å². The first kappa shape index (κ1) is 22.2. The molecule has 0 saturated carbocycles. The van der Waals surface area contributed by atoms with Gasteiger partial charge in [-0.2, -0.15) is 15.0 Å². The van der Waals surface area contributed by atoms with Crippen molar-refractivity contribution in [2.45, 2.75) is 39.8 Å². The lowest BCUT2D eigenvalue weighted by atomic mass is 10.2. The molecule has 1 aliphatic rings. The summed E-state index contributed by atoms with van der Waals surface area (Å²) in [6, 6.07) is 5.21. The van der Waals surface area contributed by atoms with Gasteiger partial charge in [-0.1, -0.05) is 0 Å². The van der Waals surface area contributed by atoms with E-state index >= 15 is 0 Å². The van der Waals surface area contributed by atoms with Crippen molar-refractivity contribution in [3.63, 3.8) is 0 Å². The maximum atomic E-state index is 5.41. The number of nitrogens with zero attached hydrogens (tertiary/aromatic N) is 6. The quantitative estimate of drug-likeness (QED) is 0.663. The predicted octanol–water partition coefficient (Wildman–Crippen LogP) is 2.31. The van der Waals surface area contributed by atoms with E-state index in [1.165, 1.54) is 0 Å². The monoisotopic (exact) mass is 415 g/mol. The Hall–Kier alpha value is -2.52. The van der Waals surface area contributed by atoms with Gasteiger partial charge in [-0.05, 0) is 39.8 Å². The van der Waals surface area contributed by atoms with Crippen molar-refractivity contribution in [2.75, 3.05) is 56.7 Å². The average molecular weight is 416 g/mol. The summed E-state index contributed by atoms with van der Waals surface area (Å²) >= 11 is 0. The third kappa shape index (κ3) is 5.76. The molecule has 0 atom stereocenters. The number of morpholine rings is 1. The summed E-state index contributed by atoms with van der Waals surface area (Å²) in [6.07, 6.45) is 1.79. The number of ether oxygens (including phenoxy) is 2. The molecule has 3 heterocycles. The van der Waals surface area contributed by atoms with Crippen LogP contribution in [0.1, 0.15) is 27.7 Å². The highest BCUT2D eigenvalue weighted by Crippen LogP contribution is 2.21. The van der Waals surface area contributed by atoms with Crippen LogP contribution in [-0.4, -0.2) is 83.4 Å². The molecule has 9 heteroatoms. The summed E-state index contributed by atoms with van der Waals surface area (Å²) in [7, 11) is 1.56. The van der Waals surface area contributed by atoms with Gasteiger partial charge in [-0.25, -0.2) is 4.98 Å². The SMILES string of the molecule is COc1nc(NCCN(C(C)C)C(C)C)nc(-c2ccc(N3CCOCC3)nc2)n1. The molecule has 0 amide bonds. The largest absolute Gasteiger partial charge is 0.467 e. The topological polar surface area (TPSA) is 88.5 Å². The molecule has 1 N–H and O–H groups in total. The van der Waals surface area contributed by atoms with E-state index in [9.17, 15) is 0 Å². The Kier molecular flexibility index (Phi) is 7.75. The molecule has 2 aromatic heterocycles. The number of anilines is 2. The molecule has 1 fully saturated rings. The van der Waals surface area contributed by atoms with Crippen LogP contribution < -0.4 is 15.0 Å². The van der Waals surface area contributed by atoms with Gasteiger partial charge < -0.3 is 19.7 Å². The molecule has 0 unspecified atom stereocenters. The Balaban J connectivity index is 1.71. The molecular formula is C21H33N7O2. The minimum absolute atomic E-state index is 0.282. The van der Waals surface area contributed by atoms with Crippen molar-refractivity contribution < 1.29 is 9.47 Å². The average Bonchev–Trinajstić information content (AvgIpc) is 2.76. The summed E-state index contributed by atoms with van der Waals surface area (Å²) in [5.41, 5.74) is 0.821. The number of hydrogen-bond donors (Lipinski definition) is 1. The fourth-order valence-corrected chi connectivity index (χ4v) is 3.56. The first-order chi connectivity index (χ1) is 14.5. The third-order valence-corrected chi connectivity index (χ3v) is 5.12. The molecule has 9 nitrogen and oxygen atoms in total. The van der Waals surface area contributed by atoms with E-state index in [0.717, 1.165) is 50.8 Å². The van der Waals surface area contributed by atoms with E-state index in [2.05, 4.69) is 62.7 Å². The van der Waals surface area contributed by atoms with Crippen LogP contribution in [0.15, 0.2) is 18.3 Å². The van der Waals surface area contributed by atoms with Crippen LogP contribution in [0.3, 0.4) is 0 Å². The highest BCUT2D eigenvalue weighted by atomic mass is 16.5. The second-order valence-corrected chi connectivity index (χ2v) is 7.83. The molecule has 3 rings (SSSR count). The van der Waals surface area contributed by atoms with E-state index in [-0.39, 0.29) is 6.01 Å². The van der Waals surface area contributed by atoms with Crippen molar-refractivity contribution in [3.8, 4) is 17.4 Å². The lowest BCUT2D eigenvalue weighted by Gasteiger charge is -2.30. The van der Waals surface area contributed by atoms with Crippen LogP contribution >= 0.6 is 0 Å². The minimum atomic E-state index is 0.282. The number of aromatic nitrogens is 4. The first-order valence-electron chi connectivity index (χ1n) is 10.6. The number of hydrogen-bond acceptors (Lipinski definition) is 9. The molecule has 0 spiro atoms. The van der Waals surface area contributed by atoms with E-state index in [4.69, 9.17) is 9.47 Å². The van der Waals surface area contributed by atoms with Gasteiger partial charge >= 0.3 is 6.01 Å². The van der Waals surface area contributed by atoms with Crippen LogP contribution in [0.4, 0.5) is 11.8 Å². The van der Waals surface area contributed by atoms with Crippen LogP contribution in [0, 0.1) is 0 Å². The fraction of sp³-hybridized carbons (Fsp3) is 0.619. The Labute approximate surface area is 178 Å². The van der Waals surface area contributed by atoms with E-state index < -0.39 is 0 Å². The van der Waals surface area contributed by atoms with Crippen molar-refractivity contribution in [2.24, 2.45) is 0 Å². The predicted molar refractivity (Wildman–Crippen MR) is 118 cm³/mol. The van der Waals surface area contributed by atoms with Crippen molar-refractivity contribution >= 4 is 11.8 Å². The van der Waals surface area contributed by atoms with Crippen molar-refractivity contribution in [3.05, 3.63) is 18.3 Å². The summed E-state index contributed by atoms with van der Waals surface area (Å²) in [6.45, 7) is 13.6. The molecular weight excluding hydrogens is 382 g/mol. The Morgan fingerprint density at radius 3 is 2.43 bits per heavy atom. The normalized spacial score (nSPS) is 14.6. The van der Waals surface area contributed by atoms with Gasteiger partial charge in [0.05, 0.1) is 20.3 Å². The fourth-order valence-electron chi connectivity index (χ4n) is 3.56. The maximum Gasteiger partial charge on any atom is 0.321 e. The molecule has 0 aliphatic carbocycles. The zero-order chi connectivity index (χ0) is 21.5. The molecule has 0 aromatic carbocycles. The number of nitrogens with one attached hydrogen (secondary N) is 1. The standard InChI is InChI=1S/C21H33N7O2/c1-15(2)28(16(3)4)9-8-22-20-24-19(25-21(26-20)29-5)17-6-7-18(23-14-17)27-10-12-30-13-11-27/h6-7,14-16H,8-13H2,1-5H3,(H,22,24,25,26). The smallest absolute Gasteiger partial charge is 0.321 e. The molecule has 1 aliphatic heterocycles. The van der Waals surface area contributed by atoms with Crippen LogP contribution in [0.25, 0.3) is 11.4 Å². The molecule has 2 aromatic rings. The highest BCUT2D eigenvalue weighted by molar-refractivity contribution is 5.58.